The highest BCUT2D eigenvalue weighted by atomic mass is 16.6. The van der Waals surface area contributed by atoms with Gasteiger partial charge in [-0.3, -0.25) is 34.5 Å². The van der Waals surface area contributed by atoms with Crippen molar-refractivity contribution in [1.29, 1.82) is 0 Å². The third kappa shape index (κ3) is 4.05. The van der Waals surface area contributed by atoms with Crippen molar-refractivity contribution in [3.8, 4) is 0 Å². The van der Waals surface area contributed by atoms with Crippen LogP contribution in [0.15, 0.2) is 24.4 Å². The lowest BCUT2D eigenvalue weighted by Gasteiger charge is -2.13. The zero-order valence-electron chi connectivity index (χ0n) is 14.7. The summed E-state index contributed by atoms with van der Waals surface area (Å²) in [6.45, 7) is 2.13. The van der Waals surface area contributed by atoms with E-state index < -0.39 is 33.0 Å². The lowest BCUT2D eigenvalue weighted by Crippen LogP contribution is -2.26. The minimum absolute atomic E-state index is 0.0923. The Hall–Kier alpha value is -3.83. The Balaban J connectivity index is 2.44. The highest BCUT2D eigenvalue weighted by Crippen LogP contribution is 2.24. The van der Waals surface area contributed by atoms with Gasteiger partial charge in [0.05, 0.1) is 33.4 Å². The molecule has 0 bridgehead atoms. The maximum atomic E-state index is 12.5. The van der Waals surface area contributed by atoms with E-state index >= 15 is 0 Å². The molecule has 0 saturated carbocycles. The second-order valence-electron chi connectivity index (χ2n) is 5.63. The van der Waals surface area contributed by atoms with Crippen molar-refractivity contribution in [1.82, 2.24) is 14.7 Å². The van der Waals surface area contributed by atoms with Gasteiger partial charge in [0.25, 0.3) is 23.2 Å². The summed E-state index contributed by atoms with van der Waals surface area (Å²) in [7, 11) is 3.07. The summed E-state index contributed by atoms with van der Waals surface area (Å²) >= 11 is 0. The Labute approximate surface area is 152 Å². The Kier molecular flexibility index (Phi) is 5.48. The zero-order valence-corrected chi connectivity index (χ0v) is 14.7. The van der Waals surface area contributed by atoms with Gasteiger partial charge >= 0.3 is 0 Å². The smallest absolute Gasteiger partial charge is 0.277 e. The number of aromatic nitrogens is 2. The predicted molar refractivity (Wildman–Crippen MR) is 93.6 cm³/mol. The van der Waals surface area contributed by atoms with Crippen LogP contribution in [-0.2, 0) is 6.54 Å². The molecule has 12 nitrogen and oxygen atoms in total. The van der Waals surface area contributed by atoms with Crippen molar-refractivity contribution < 1.29 is 19.4 Å². The van der Waals surface area contributed by atoms with E-state index in [1.807, 2.05) is 0 Å². The third-order valence-electron chi connectivity index (χ3n) is 3.58. The van der Waals surface area contributed by atoms with Crippen molar-refractivity contribution in [2.24, 2.45) is 0 Å². The SMILES string of the molecule is CCn1ncc(NC(=O)c2cc([N+](=O)[O-])cc([N+](=O)[O-])c2)c1C(=O)N(C)C. The van der Waals surface area contributed by atoms with Crippen LogP contribution in [0.25, 0.3) is 0 Å². The van der Waals surface area contributed by atoms with Gasteiger partial charge in [0.2, 0.25) is 0 Å². The molecule has 142 valence electrons. The minimum atomic E-state index is -0.842. The topological polar surface area (TPSA) is 154 Å². The fourth-order valence-electron chi connectivity index (χ4n) is 2.29. The summed E-state index contributed by atoms with van der Waals surface area (Å²) in [5, 5.41) is 28.4. The number of non-ortho nitro benzene ring substituents is 2. The highest BCUT2D eigenvalue weighted by molar-refractivity contribution is 6.08. The number of carbonyl (C=O) groups is 2. The van der Waals surface area contributed by atoms with Crippen molar-refractivity contribution in [3.05, 3.63) is 55.9 Å². The highest BCUT2D eigenvalue weighted by Gasteiger charge is 2.24. The maximum absolute atomic E-state index is 12.5. The molecule has 0 aliphatic rings. The molecule has 27 heavy (non-hydrogen) atoms. The van der Waals surface area contributed by atoms with Crippen LogP contribution in [0.5, 0.6) is 0 Å². The number of aryl methyl sites for hydroxylation is 1. The van der Waals surface area contributed by atoms with E-state index in [-0.39, 0.29) is 16.9 Å². The number of hydrogen-bond donors (Lipinski definition) is 1. The number of nitrogens with zero attached hydrogens (tertiary/aromatic N) is 5. The molecule has 0 aliphatic heterocycles. The minimum Gasteiger partial charge on any atom is -0.343 e. The largest absolute Gasteiger partial charge is 0.343 e. The van der Waals surface area contributed by atoms with Crippen molar-refractivity contribution in [3.63, 3.8) is 0 Å². The number of carbonyl (C=O) groups excluding carboxylic acids is 2. The van der Waals surface area contributed by atoms with Crippen LogP contribution in [-0.4, -0.2) is 50.4 Å². The van der Waals surface area contributed by atoms with Gasteiger partial charge in [0.1, 0.15) is 5.69 Å². The van der Waals surface area contributed by atoms with Gasteiger partial charge in [-0.15, -0.1) is 0 Å². The first kappa shape index (κ1) is 19.5. The summed E-state index contributed by atoms with van der Waals surface area (Å²) in [6.07, 6.45) is 1.27. The van der Waals surface area contributed by atoms with Crippen LogP contribution >= 0.6 is 0 Å². The molecular formula is C15H16N6O6. The number of nitro groups is 2. The van der Waals surface area contributed by atoms with E-state index in [0.29, 0.717) is 6.54 Å². The molecule has 2 aromatic rings. The van der Waals surface area contributed by atoms with Gasteiger partial charge in [-0.25, -0.2) is 0 Å². The molecule has 0 aliphatic carbocycles. The monoisotopic (exact) mass is 376 g/mol. The number of nitro benzene ring substituents is 2. The summed E-state index contributed by atoms with van der Waals surface area (Å²) in [5.74, 6) is -1.25. The average molecular weight is 376 g/mol. The average Bonchev–Trinajstić information content (AvgIpc) is 3.02. The lowest BCUT2D eigenvalue weighted by molar-refractivity contribution is -0.394. The normalized spacial score (nSPS) is 10.3. The van der Waals surface area contributed by atoms with Gasteiger partial charge in [-0.05, 0) is 6.92 Å². The number of hydrogen-bond acceptors (Lipinski definition) is 7. The molecule has 0 spiro atoms. The Bertz CT molecular complexity index is 903. The quantitative estimate of drug-likeness (QED) is 0.594. The molecule has 12 heteroatoms. The predicted octanol–water partition coefficient (Wildman–Crippen LogP) is 1.67. The number of anilines is 1. The fourth-order valence-corrected chi connectivity index (χ4v) is 2.29. The van der Waals surface area contributed by atoms with Crippen LogP contribution in [0.4, 0.5) is 17.1 Å². The molecule has 1 aromatic carbocycles. The van der Waals surface area contributed by atoms with Crippen LogP contribution in [0.1, 0.15) is 27.8 Å². The molecule has 0 radical (unpaired) electrons. The maximum Gasteiger partial charge on any atom is 0.277 e. The van der Waals surface area contributed by atoms with Crippen molar-refractivity contribution in [2.75, 3.05) is 19.4 Å². The number of amides is 2. The van der Waals surface area contributed by atoms with E-state index in [9.17, 15) is 29.8 Å². The molecule has 1 heterocycles. The third-order valence-corrected chi connectivity index (χ3v) is 3.58. The lowest BCUT2D eigenvalue weighted by atomic mass is 10.1. The first-order chi connectivity index (χ1) is 12.6. The van der Waals surface area contributed by atoms with Gasteiger partial charge in [-0.2, -0.15) is 5.10 Å². The molecule has 2 rings (SSSR count). The summed E-state index contributed by atoms with van der Waals surface area (Å²) in [5.41, 5.74) is -1.26. The molecule has 1 N–H and O–H groups in total. The number of benzene rings is 1. The van der Waals surface area contributed by atoms with E-state index in [2.05, 4.69) is 10.4 Å². The van der Waals surface area contributed by atoms with E-state index in [4.69, 9.17) is 0 Å². The second-order valence-corrected chi connectivity index (χ2v) is 5.63. The van der Waals surface area contributed by atoms with E-state index in [1.54, 1.807) is 6.92 Å². The standard InChI is InChI=1S/C15H16N6O6/c1-4-19-13(15(23)18(2)3)12(8-16-19)17-14(22)9-5-10(20(24)25)7-11(6-9)21(26)27/h5-8H,4H2,1-3H3,(H,17,22). The second kappa shape index (κ2) is 7.59. The molecule has 0 unspecified atom stereocenters. The summed E-state index contributed by atoms with van der Waals surface area (Å²) in [4.78, 5) is 46.4. The Morgan fingerprint density at radius 3 is 2.15 bits per heavy atom. The van der Waals surface area contributed by atoms with Crippen LogP contribution in [0.2, 0.25) is 0 Å². The van der Waals surface area contributed by atoms with Crippen LogP contribution < -0.4 is 5.32 Å². The molecule has 0 atom stereocenters. The Morgan fingerprint density at radius 1 is 1.15 bits per heavy atom. The molecular weight excluding hydrogens is 360 g/mol. The Morgan fingerprint density at radius 2 is 1.70 bits per heavy atom. The zero-order chi connectivity index (χ0) is 20.3. The first-order valence-electron chi connectivity index (χ1n) is 7.68. The molecule has 1 aromatic heterocycles. The van der Waals surface area contributed by atoms with Crippen LogP contribution in [0.3, 0.4) is 0 Å². The number of rotatable bonds is 6. The molecule has 0 saturated heterocycles. The van der Waals surface area contributed by atoms with E-state index in [0.717, 1.165) is 18.2 Å². The molecule has 0 fully saturated rings. The van der Waals surface area contributed by atoms with Crippen molar-refractivity contribution >= 4 is 28.9 Å². The fraction of sp³-hybridized carbons (Fsp3) is 0.267. The first-order valence-corrected chi connectivity index (χ1v) is 7.68. The van der Waals surface area contributed by atoms with Gasteiger partial charge in [-0.1, -0.05) is 0 Å². The van der Waals surface area contributed by atoms with E-state index in [1.165, 1.54) is 29.9 Å². The van der Waals surface area contributed by atoms with Gasteiger partial charge in [0.15, 0.2) is 0 Å². The summed E-state index contributed by atoms with van der Waals surface area (Å²) in [6, 6.07) is 2.59. The molecule has 2 amide bonds. The van der Waals surface area contributed by atoms with Gasteiger partial charge < -0.3 is 10.2 Å². The number of nitrogens with one attached hydrogen (secondary N) is 1. The summed E-state index contributed by atoms with van der Waals surface area (Å²) < 4.78 is 1.38. The van der Waals surface area contributed by atoms with Crippen molar-refractivity contribution in [2.45, 2.75) is 13.5 Å². The van der Waals surface area contributed by atoms with Gasteiger partial charge in [0, 0.05) is 32.8 Å². The van der Waals surface area contributed by atoms with Crippen LogP contribution in [0, 0.1) is 20.2 Å².